The standard InChI is InChI=1S/C20H17F2N3O/c1-13(14-6-3-2-4-7-14)24-18-11-10-15(12-23-18)20(26)25-19-16(21)8-5-9-17(19)22/h2-13H,1H3,(H,23,24)(H,25,26). The zero-order chi connectivity index (χ0) is 18.5. The van der Waals surface area contributed by atoms with Gasteiger partial charge in [0.15, 0.2) is 0 Å². The van der Waals surface area contributed by atoms with Gasteiger partial charge in [-0.1, -0.05) is 36.4 Å². The van der Waals surface area contributed by atoms with E-state index in [-0.39, 0.29) is 11.6 Å². The minimum Gasteiger partial charge on any atom is -0.364 e. The molecule has 6 heteroatoms. The Labute approximate surface area is 149 Å². The molecule has 0 aliphatic carbocycles. The highest BCUT2D eigenvalue weighted by molar-refractivity contribution is 6.04. The molecule has 1 heterocycles. The number of hydrogen-bond donors (Lipinski definition) is 2. The lowest BCUT2D eigenvalue weighted by molar-refractivity contribution is 0.102. The van der Waals surface area contributed by atoms with Crippen LogP contribution in [-0.4, -0.2) is 10.9 Å². The van der Waals surface area contributed by atoms with Crippen molar-refractivity contribution in [3.05, 3.63) is 89.6 Å². The van der Waals surface area contributed by atoms with Gasteiger partial charge >= 0.3 is 0 Å². The molecule has 3 rings (SSSR count). The summed E-state index contributed by atoms with van der Waals surface area (Å²) in [4.78, 5) is 16.4. The second-order valence-corrected chi connectivity index (χ2v) is 5.76. The van der Waals surface area contributed by atoms with Crippen LogP contribution in [0.3, 0.4) is 0 Å². The largest absolute Gasteiger partial charge is 0.364 e. The normalized spacial score (nSPS) is 11.7. The molecule has 0 aliphatic rings. The van der Waals surface area contributed by atoms with Crippen molar-refractivity contribution in [3.63, 3.8) is 0 Å². The Kier molecular flexibility index (Phi) is 5.22. The third kappa shape index (κ3) is 4.03. The number of rotatable bonds is 5. The summed E-state index contributed by atoms with van der Waals surface area (Å²) in [5, 5.41) is 5.46. The first-order valence-corrected chi connectivity index (χ1v) is 8.07. The van der Waals surface area contributed by atoms with Crippen molar-refractivity contribution in [2.24, 2.45) is 0 Å². The molecule has 1 amide bonds. The molecular formula is C20H17F2N3O. The van der Waals surface area contributed by atoms with Crippen molar-refractivity contribution < 1.29 is 13.6 Å². The van der Waals surface area contributed by atoms with E-state index in [0.29, 0.717) is 5.82 Å². The number of carbonyl (C=O) groups is 1. The summed E-state index contributed by atoms with van der Waals surface area (Å²) < 4.78 is 27.2. The van der Waals surface area contributed by atoms with Crippen molar-refractivity contribution in [2.45, 2.75) is 13.0 Å². The molecule has 26 heavy (non-hydrogen) atoms. The van der Waals surface area contributed by atoms with Gasteiger partial charge in [0.1, 0.15) is 23.1 Å². The Balaban J connectivity index is 1.68. The van der Waals surface area contributed by atoms with E-state index >= 15 is 0 Å². The van der Waals surface area contributed by atoms with Crippen molar-refractivity contribution in [2.75, 3.05) is 10.6 Å². The van der Waals surface area contributed by atoms with E-state index in [4.69, 9.17) is 0 Å². The summed E-state index contributed by atoms with van der Waals surface area (Å²) >= 11 is 0. The molecule has 1 aromatic heterocycles. The van der Waals surface area contributed by atoms with Crippen LogP contribution >= 0.6 is 0 Å². The SMILES string of the molecule is CC(Nc1ccc(C(=O)Nc2c(F)cccc2F)cn1)c1ccccc1. The number of amides is 1. The Morgan fingerprint density at radius 2 is 1.65 bits per heavy atom. The van der Waals surface area contributed by atoms with Crippen LogP contribution in [0, 0.1) is 11.6 Å². The number of hydrogen-bond acceptors (Lipinski definition) is 3. The van der Waals surface area contributed by atoms with Gasteiger partial charge in [-0.15, -0.1) is 0 Å². The highest BCUT2D eigenvalue weighted by Crippen LogP contribution is 2.20. The molecule has 1 unspecified atom stereocenters. The molecule has 2 aromatic carbocycles. The average molecular weight is 353 g/mol. The molecule has 2 N–H and O–H groups in total. The van der Waals surface area contributed by atoms with Crippen molar-refractivity contribution in [1.29, 1.82) is 0 Å². The number of anilines is 2. The lowest BCUT2D eigenvalue weighted by atomic mass is 10.1. The topological polar surface area (TPSA) is 54.0 Å². The fraction of sp³-hybridized carbons (Fsp3) is 0.100. The fourth-order valence-corrected chi connectivity index (χ4v) is 2.46. The van der Waals surface area contributed by atoms with Gasteiger partial charge in [-0.25, -0.2) is 13.8 Å². The smallest absolute Gasteiger partial charge is 0.257 e. The number of aromatic nitrogens is 1. The van der Waals surface area contributed by atoms with Crippen molar-refractivity contribution in [1.82, 2.24) is 4.98 Å². The van der Waals surface area contributed by atoms with E-state index in [0.717, 1.165) is 17.7 Å². The van der Waals surface area contributed by atoms with E-state index in [1.54, 1.807) is 12.1 Å². The van der Waals surface area contributed by atoms with E-state index in [2.05, 4.69) is 15.6 Å². The second-order valence-electron chi connectivity index (χ2n) is 5.76. The highest BCUT2D eigenvalue weighted by Gasteiger charge is 2.14. The highest BCUT2D eigenvalue weighted by atomic mass is 19.1. The van der Waals surface area contributed by atoms with Crippen molar-refractivity contribution in [3.8, 4) is 0 Å². The summed E-state index contributed by atoms with van der Waals surface area (Å²) in [6.07, 6.45) is 1.36. The van der Waals surface area contributed by atoms with Crippen LogP contribution in [0.4, 0.5) is 20.3 Å². The van der Waals surface area contributed by atoms with Crippen LogP contribution in [0.2, 0.25) is 0 Å². The summed E-state index contributed by atoms with van der Waals surface area (Å²) in [6.45, 7) is 2.00. The monoisotopic (exact) mass is 353 g/mol. The molecule has 0 spiro atoms. The number of nitrogens with one attached hydrogen (secondary N) is 2. The lowest BCUT2D eigenvalue weighted by Crippen LogP contribution is -2.15. The van der Waals surface area contributed by atoms with Crippen LogP contribution in [0.1, 0.15) is 28.9 Å². The summed E-state index contributed by atoms with van der Waals surface area (Å²) in [7, 11) is 0. The summed E-state index contributed by atoms with van der Waals surface area (Å²) in [5.74, 6) is -1.71. The molecule has 0 saturated carbocycles. The molecule has 0 bridgehead atoms. The third-order valence-corrected chi connectivity index (χ3v) is 3.89. The van der Waals surface area contributed by atoms with Gasteiger partial charge in [-0.3, -0.25) is 4.79 Å². The van der Waals surface area contributed by atoms with Gasteiger partial charge in [0.25, 0.3) is 5.91 Å². The quantitative estimate of drug-likeness (QED) is 0.694. The molecule has 1 atom stereocenters. The number of nitrogens with zero attached hydrogens (tertiary/aromatic N) is 1. The van der Waals surface area contributed by atoms with Crippen LogP contribution in [-0.2, 0) is 0 Å². The van der Waals surface area contributed by atoms with Gasteiger partial charge in [-0.05, 0) is 36.8 Å². The van der Waals surface area contributed by atoms with Crippen LogP contribution in [0.15, 0.2) is 66.9 Å². The average Bonchev–Trinajstić information content (AvgIpc) is 2.66. The first kappa shape index (κ1) is 17.5. The first-order valence-electron chi connectivity index (χ1n) is 8.07. The van der Waals surface area contributed by atoms with Crippen molar-refractivity contribution >= 4 is 17.4 Å². The predicted molar refractivity (Wildman–Crippen MR) is 97.0 cm³/mol. The first-order chi connectivity index (χ1) is 12.5. The molecule has 132 valence electrons. The summed E-state index contributed by atoms with van der Waals surface area (Å²) in [5.41, 5.74) is 0.828. The molecule has 0 aliphatic heterocycles. The maximum atomic E-state index is 13.6. The number of halogens is 2. The molecule has 3 aromatic rings. The Bertz CT molecular complexity index is 878. The molecule has 0 saturated heterocycles. The lowest BCUT2D eigenvalue weighted by Gasteiger charge is -2.15. The van der Waals surface area contributed by atoms with E-state index in [1.165, 1.54) is 12.3 Å². The zero-order valence-electron chi connectivity index (χ0n) is 14.0. The van der Waals surface area contributed by atoms with Crippen LogP contribution in [0.25, 0.3) is 0 Å². The van der Waals surface area contributed by atoms with Crippen LogP contribution < -0.4 is 10.6 Å². The third-order valence-electron chi connectivity index (χ3n) is 3.89. The maximum Gasteiger partial charge on any atom is 0.257 e. The van der Waals surface area contributed by atoms with E-state index in [1.807, 2.05) is 37.3 Å². The van der Waals surface area contributed by atoms with E-state index in [9.17, 15) is 13.6 Å². The number of carbonyl (C=O) groups excluding carboxylic acids is 1. The zero-order valence-corrected chi connectivity index (χ0v) is 14.0. The van der Waals surface area contributed by atoms with Crippen LogP contribution in [0.5, 0.6) is 0 Å². The summed E-state index contributed by atoms with van der Waals surface area (Å²) in [6, 6.07) is 16.5. The number of pyridine rings is 1. The number of para-hydroxylation sites is 1. The molecular weight excluding hydrogens is 336 g/mol. The molecule has 0 fully saturated rings. The fourth-order valence-electron chi connectivity index (χ4n) is 2.46. The second kappa shape index (κ2) is 7.74. The van der Waals surface area contributed by atoms with Gasteiger partial charge in [0.2, 0.25) is 0 Å². The minimum absolute atomic E-state index is 0.0379. The Hall–Kier alpha value is -3.28. The Morgan fingerprint density at radius 1 is 0.962 bits per heavy atom. The van der Waals surface area contributed by atoms with Gasteiger partial charge in [-0.2, -0.15) is 0 Å². The van der Waals surface area contributed by atoms with E-state index < -0.39 is 23.2 Å². The van der Waals surface area contributed by atoms with Gasteiger partial charge in [0, 0.05) is 12.2 Å². The number of benzene rings is 2. The minimum atomic E-state index is -0.832. The maximum absolute atomic E-state index is 13.6. The molecule has 0 radical (unpaired) electrons. The van der Waals surface area contributed by atoms with Gasteiger partial charge in [0.05, 0.1) is 5.56 Å². The predicted octanol–water partition coefficient (Wildman–Crippen LogP) is 4.79. The van der Waals surface area contributed by atoms with Gasteiger partial charge < -0.3 is 10.6 Å². The molecule has 4 nitrogen and oxygen atoms in total. The Morgan fingerprint density at radius 3 is 2.27 bits per heavy atom.